The van der Waals surface area contributed by atoms with E-state index in [1.165, 1.54) is 23.5 Å². The van der Waals surface area contributed by atoms with E-state index in [1.54, 1.807) is 12.1 Å². The summed E-state index contributed by atoms with van der Waals surface area (Å²) < 4.78 is 33.1. The molecule has 0 saturated heterocycles. The predicted molar refractivity (Wildman–Crippen MR) is 172 cm³/mol. The largest absolute Gasteiger partial charge is 0.453 e. The Kier molecular flexibility index (Phi) is 13.2. The first kappa shape index (κ1) is 34.6. The number of hydrogen-bond donors (Lipinski definition) is 4. The topological polar surface area (TPSA) is 151 Å². The number of benzene rings is 3. The molecule has 0 saturated carbocycles. The monoisotopic (exact) mass is 624 g/mol. The molecule has 3 rings (SSSR count). The highest BCUT2D eigenvalue weighted by atomic mass is 32.2. The average molecular weight is 625 g/mol. The summed E-state index contributed by atoms with van der Waals surface area (Å²) in [7, 11) is -2.62. The molecule has 44 heavy (non-hydrogen) atoms. The van der Waals surface area contributed by atoms with E-state index in [-0.39, 0.29) is 36.3 Å². The van der Waals surface area contributed by atoms with Crippen LogP contribution in [0.15, 0.2) is 83.8 Å². The zero-order valence-corrected chi connectivity index (χ0v) is 26.4. The molecule has 0 heterocycles. The van der Waals surface area contributed by atoms with Crippen molar-refractivity contribution in [1.82, 2.24) is 14.9 Å². The van der Waals surface area contributed by atoms with Crippen molar-refractivity contribution in [2.45, 2.75) is 56.5 Å². The number of amides is 2. The van der Waals surface area contributed by atoms with Gasteiger partial charge in [0.1, 0.15) is 6.04 Å². The number of carbonyl (C=O) groups excluding carboxylic acids is 2. The maximum Gasteiger partial charge on any atom is 0.407 e. The lowest BCUT2D eigenvalue weighted by atomic mass is 9.95. The van der Waals surface area contributed by atoms with Crippen LogP contribution in [0.1, 0.15) is 38.7 Å². The normalized spacial score (nSPS) is 13.0. The van der Waals surface area contributed by atoms with E-state index in [4.69, 9.17) is 10.5 Å². The second kappa shape index (κ2) is 16.8. The molecule has 2 atom stereocenters. The molecular weight excluding hydrogens is 580 g/mol. The van der Waals surface area contributed by atoms with Gasteiger partial charge in [0.05, 0.1) is 18.6 Å². The van der Waals surface area contributed by atoms with Crippen LogP contribution in [0.25, 0.3) is 11.1 Å². The number of sulfonamides is 1. The van der Waals surface area contributed by atoms with E-state index in [9.17, 15) is 23.1 Å². The van der Waals surface area contributed by atoms with Crippen LogP contribution in [0, 0.1) is 5.92 Å². The molecule has 5 N–H and O–H groups in total. The van der Waals surface area contributed by atoms with Gasteiger partial charge in [-0.05, 0) is 59.7 Å². The molecule has 0 aliphatic carbocycles. The molecule has 0 aliphatic rings. The number of nitrogens with one attached hydrogen (secondary N) is 2. The number of nitrogens with zero attached hydrogens (tertiary/aromatic N) is 1. The molecular formula is C33H44N4O6S. The van der Waals surface area contributed by atoms with Gasteiger partial charge in [-0.1, -0.05) is 74.9 Å². The molecule has 0 fully saturated rings. The Bertz CT molecular complexity index is 1450. The summed E-state index contributed by atoms with van der Waals surface area (Å²) in [5, 5.41) is 15.7. The van der Waals surface area contributed by atoms with Crippen molar-refractivity contribution in [3.8, 4) is 11.1 Å². The molecule has 0 aliphatic heterocycles. The summed E-state index contributed by atoms with van der Waals surface area (Å²) in [6.45, 7) is 4.07. The summed E-state index contributed by atoms with van der Waals surface area (Å²) >= 11 is 0. The number of aliphatic hydroxyl groups is 1. The van der Waals surface area contributed by atoms with Crippen molar-refractivity contribution in [2.24, 2.45) is 5.92 Å². The lowest BCUT2D eigenvalue weighted by Crippen LogP contribution is -2.48. The summed E-state index contributed by atoms with van der Waals surface area (Å²) in [5.41, 5.74) is 9.07. The minimum atomic E-state index is -3.86. The van der Waals surface area contributed by atoms with E-state index in [1.807, 2.05) is 68.4 Å². The molecule has 3 aromatic rings. The third-order valence-corrected chi connectivity index (χ3v) is 9.17. The van der Waals surface area contributed by atoms with Crippen molar-refractivity contribution in [3.05, 3.63) is 84.4 Å². The number of ether oxygens (including phenoxy) is 1. The number of alkyl carbamates (subject to hydrolysis) is 1. The Morgan fingerprint density at radius 1 is 0.955 bits per heavy atom. The van der Waals surface area contributed by atoms with Crippen LogP contribution in [0.4, 0.5) is 10.5 Å². The van der Waals surface area contributed by atoms with Gasteiger partial charge in [-0.15, -0.1) is 0 Å². The van der Waals surface area contributed by atoms with Crippen LogP contribution in [-0.4, -0.2) is 68.7 Å². The van der Waals surface area contributed by atoms with Gasteiger partial charge in [-0.2, -0.15) is 4.31 Å². The van der Waals surface area contributed by atoms with Crippen LogP contribution in [-0.2, 0) is 26.0 Å². The fourth-order valence-electron chi connectivity index (χ4n) is 4.97. The van der Waals surface area contributed by atoms with Crippen molar-refractivity contribution >= 4 is 27.7 Å². The van der Waals surface area contributed by atoms with E-state index >= 15 is 0 Å². The standard InChI is InChI=1S/C33H44N4O6S/c1-24(2)22-37(44(41,42)29-18-16-27(34)17-19-29)28(23-38)14-9-10-20-35-32(39)31(36-33(40)43-3)21-26-13-7-8-15-30(26)25-11-5-4-6-12-25/h4-8,11-13,15-19,24,28,31,38H,9-10,14,20-23,34H2,1-3H3,(H,35,39)(H,36,40)/t28?,31-/m0/s1. The van der Waals surface area contributed by atoms with Gasteiger partial charge in [0.15, 0.2) is 0 Å². The SMILES string of the molecule is COC(=O)N[C@@H](Cc1ccccc1-c1ccccc1)C(=O)NCCCCC(CO)N(CC(C)C)S(=O)(=O)c1ccc(N)cc1. The number of aliphatic hydroxyl groups excluding tert-OH is 1. The molecule has 3 aromatic carbocycles. The van der Waals surface area contributed by atoms with Crippen molar-refractivity contribution < 1.29 is 27.9 Å². The number of nitrogen functional groups attached to an aromatic ring is 1. The quantitative estimate of drug-likeness (QED) is 0.138. The van der Waals surface area contributed by atoms with Gasteiger partial charge in [0.2, 0.25) is 15.9 Å². The van der Waals surface area contributed by atoms with E-state index in [0.29, 0.717) is 31.5 Å². The lowest BCUT2D eigenvalue weighted by molar-refractivity contribution is -0.123. The first-order chi connectivity index (χ1) is 21.1. The zero-order valence-electron chi connectivity index (χ0n) is 25.6. The fraction of sp³-hybridized carbons (Fsp3) is 0.394. The van der Waals surface area contributed by atoms with Gasteiger partial charge < -0.3 is 26.2 Å². The molecule has 0 radical (unpaired) electrons. The molecule has 238 valence electrons. The smallest absolute Gasteiger partial charge is 0.407 e. The Morgan fingerprint density at radius 2 is 1.61 bits per heavy atom. The van der Waals surface area contributed by atoms with Crippen LogP contribution in [0.5, 0.6) is 0 Å². The Labute approximate surface area is 260 Å². The second-order valence-corrected chi connectivity index (χ2v) is 13.0. The van der Waals surface area contributed by atoms with E-state index in [0.717, 1.165) is 16.7 Å². The number of methoxy groups -OCH3 is 1. The average Bonchev–Trinajstić information content (AvgIpc) is 3.02. The number of carbonyl (C=O) groups is 2. The number of hydrogen-bond acceptors (Lipinski definition) is 7. The van der Waals surface area contributed by atoms with Crippen LogP contribution >= 0.6 is 0 Å². The molecule has 1 unspecified atom stereocenters. The van der Waals surface area contributed by atoms with E-state index < -0.39 is 28.2 Å². The number of anilines is 1. The summed E-state index contributed by atoms with van der Waals surface area (Å²) in [5.74, 6) is -0.317. The van der Waals surface area contributed by atoms with Gasteiger partial charge in [0.25, 0.3) is 0 Å². The molecule has 2 amide bonds. The van der Waals surface area contributed by atoms with Crippen molar-refractivity contribution in [2.75, 3.05) is 32.5 Å². The van der Waals surface area contributed by atoms with Gasteiger partial charge >= 0.3 is 6.09 Å². The third-order valence-electron chi connectivity index (χ3n) is 7.23. The minimum absolute atomic E-state index is 0.0400. The predicted octanol–water partition coefficient (Wildman–Crippen LogP) is 4.20. The highest BCUT2D eigenvalue weighted by molar-refractivity contribution is 7.89. The van der Waals surface area contributed by atoms with E-state index in [2.05, 4.69) is 10.6 Å². The number of unbranched alkanes of at least 4 members (excludes halogenated alkanes) is 1. The Morgan fingerprint density at radius 3 is 2.25 bits per heavy atom. The second-order valence-electron chi connectivity index (χ2n) is 11.1. The molecule has 0 bridgehead atoms. The molecule has 0 aromatic heterocycles. The summed E-state index contributed by atoms with van der Waals surface area (Å²) in [4.78, 5) is 25.4. The van der Waals surface area contributed by atoms with Gasteiger partial charge in [0, 0.05) is 31.2 Å². The van der Waals surface area contributed by atoms with Crippen LogP contribution in [0.3, 0.4) is 0 Å². The molecule has 11 heteroatoms. The minimum Gasteiger partial charge on any atom is -0.453 e. The first-order valence-corrected chi connectivity index (χ1v) is 16.2. The highest BCUT2D eigenvalue weighted by Gasteiger charge is 2.31. The third kappa shape index (κ3) is 9.80. The molecule has 0 spiro atoms. The maximum atomic E-state index is 13.5. The fourth-order valence-corrected chi connectivity index (χ4v) is 6.78. The highest BCUT2D eigenvalue weighted by Crippen LogP contribution is 2.25. The van der Waals surface area contributed by atoms with Gasteiger partial charge in [-0.25, -0.2) is 13.2 Å². The zero-order chi connectivity index (χ0) is 32.1. The summed E-state index contributed by atoms with van der Waals surface area (Å²) in [6.07, 6.45) is 1.06. The van der Waals surface area contributed by atoms with Crippen molar-refractivity contribution in [1.29, 1.82) is 0 Å². The molecule has 10 nitrogen and oxygen atoms in total. The maximum absolute atomic E-state index is 13.5. The Hall–Kier alpha value is -3.93. The Balaban J connectivity index is 1.63. The van der Waals surface area contributed by atoms with Crippen molar-refractivity contribution in [3.63, 3.8) is 0 Å². The first-order valence-electron chi connectivity index (χ1n) is 14.8. The number of rotatable bonds is 16. The van der Waals surface area contributed by atoms with Crippen LogP contribution < -0.4 is 16.4 Å². The summed E-state index contributed by atoms with van der Waals surface area (Å²) in [6, 6.07) is 22.1. The van der Waals surface area contributed by atoms with Crippen LogP contribution in [0.2, 0.25) is 0 Å². The lowest BCUT2D eigenvalue weighted by Gasteiger charge is -2.31. The van der Waals surface area contributed by atoms with Gasteiger partial charge in [-0.3, -0.25) is 4.79 Å². The number of nitrogens with two attached hydrogens (primary N) is 1.